The number of para-hydroxylation sites is 4. The Kier molecular flexibility index (Phi) is 6.60. The van der Waals surface area contributed by atoms with Gasteiger partial charge >= 0.3 is 0 Å². The molecule has 4 heteroatoms. The van der Waals surface area contributed by atoms with E-state index >= 15 is 0 Å². The first-order valence-electron chi connectivity index (χ1n) is 18.9. The molecule has 0 N–H and O–H groups in total. The molecule has 0 fully saturated rings. The Morgan fingerprint density at radius 1 is 0.321 bits per heavy atom. The molecule has 12 aromatic rings. The van der Waals surface area contributed by atoms with Gasteiger partial charge in [0.05, 0.1) is 16.8 Å². The lowest BCUT2D eigenvalue weighted by Crippen LogP contribution is -2.10. The molecule has 0 aliphatic carbocycles. The van der Waals surface area contributed by atoms with Crippen LogP contribution in [-0.4, -0.2) is 0 Å². The monoisotopic (exact) mass is 717 g/mol. The Morgan fingerprint density at radius 3 is 1.64 bits per heavy atom. The second-order valence-electron chi connectivity index (χ2n) is 14.4. The average Bonchev–Trinajstić information content (AvgIpc) is 3.95. The van der Waals surface area contributed by atoms with Crippen LogP contribution in [-0.2, 0) is 0 Å². The molecule has 4 nitrogen and oxygen atoms in total. The molecule has 0 aliphatic heterocycles. The van der Waals surface area contributed by atoms with Crippen molar-refractivity contribution < 1.29 is 13.3 Å². The van der Waals surface area contributed by atoms with Crippen LogP contribution in [0.3, 0.4) is 0 Å². The van der Waals surface area contributed by atoms with Gasteiger partial charge in [-0.05, 0) is 77.2 Å². The zero-order valence-electron chi connectivity index (χ0n) is 30.1. The van der Waals surface area contributed by atoms with Crippen LogP contribution in [0.4, 0.5) is 17.1 Å². The number of benzene rings is 9. The molecule has 0 unspecified atom stereocenters. The third-order valence-corrected chi connectivity index (χ3v) is 11.3. The summed E-state index contributed by atoms with van der Waals surface area (Å²) in [5.74, 6) is 0. The summed E-state index contributed by atoms with van der Waals surface area (Å²) in [5.41, 5.74) is 12.5. The second-order valence-corrected chi connectivity index (χ2v) is 14.4. The van der Waals surface area contributed by atoms with Gasteiger partial charge in [0.15, 0.2) is 0 Å². The Morgan fingerprint density at radius 2 is 0.857 bits per heavy atom. The number of fused-ring (bicyclic) bond motifs is 10. The van der Waals surface area contributed by atoms with E-state index in [1.165, 1.54) is 10.8 Å². The van der Waals surface area contributed by atoms with Gasteiger partial charge in [-0.3, -0.25) is 0 Å². The number of nitrogens with zero attached hydrogens (tertiary/aromatic N) is 1. The molecule has 0 spiro atoms. The van der Waals surface area contributed by atoms with Gasteiger partial charge in [-0.15, -0.1) is 0 Å². The first-order valence-corrected chi connectivity index (χ1v) is 18.9. The van der Waals surface area contributed by atoms with Crippen LogP contribution in [0.2, 0.25) is 0 Å². The van der Waals surface area contributed by atoms with Gasteiger partial charge < -0.3 is 18.2 Å². The summed E-state index contributed by atoms with van der Waals surface area (Å²) in [6.07, 6.45) is 0. The quantitative estimate of drug-likeness (QED) is 0.178. The number of furan rings is 3. The van der Waals surface area contributed by atoms with Crippen LogP contribution in [0.15, 0.2) is 201 Å². The Balaban J connectivity index is 1.00. The van der Waals surface area contributed by atoms with E-state index < -0.39 is 0 Å². The van der Waals surface area contributed by atoms with Gasteiger partial charge in [0.25, 0.3) is 0 Å². The number of hydrogen-bond donors (Lipinski definition) is 0. The van der Waals surface area contributed by atoms with E-state index in [9.17, 15) is 0 Å². The molecule has 0 radical (unpaired) electrons. The smallest absolute Gasteiger partial charge is 0.143 e. The van der Waals surface area contributed by atoms with Gasteiger partial charge in [-0.25, -0.2) is 0 Å². The van der Waals surface area contributed by atoms with Crippen LogP contribution < -0.4 is 4.90 Å². The van der Waals surface area contributed by atoms with E-state index in [2.05, 4.69) is 181 Å². The van der Waals surface area contributed by atoms with Gasteiger partial charge in [-0.1, -0.05) is 127 Å². The first-order chi connectivity index (χ1) is 27.8. The summed E-state index contributed by atoms with van der Waals surface area (Å²) in [4.78, 5) is 2.36. The molecule has 0 atom stereocenters. The minimum atomic E-state index is 0.830. The fraction of sp³-hybridized carbons (Fsp3) is 0. The maximum Gasteiger partial charge on any atom is 0.143 e. The number of anilines is 3. The Hall–Kier alpha value is -7.56. The normalized spacial score (nSPS) is 11.9. The highest BCUT2D eigenvalue weighted by Crippen LogP contribution is 2.47. The van der Waals surface area contributed by atoms with Crippen molar-refractivity contribution in [1.82, 2.24) is 0 Å². The van der Waals surface area contributed by atoms with Crippen LogP contribution in [0.1, 0.15) is 0 Å². The summed E-state index contributed by atoms with van der Waals surface area (Å²) >= 11 is 0. The van der Waals surface area contributed by atoms with Crippen molar-refractivity contribution in [2.75, 3.05) is 4.90 Å². The average molecular weight is 718 g/mol. The largest absolute Gasteiger partial charge is 0.456 e. The van der Waals surface area contributed by atoms with E-state index in [1.807, 2.05) is 12.1 Å². The highest BCUT2D eigenvalue weighted by molar-refractivity contribution is 6.18. The van der Waals surface area contributed by atoms with E-state index in [0.717, 1.165) is 105 Å². The van der Waals surface area contributed by atoms with Gasteiger partial charge in [0.1, 0.15) is 33.5 Å². The molecule has 12 rings (SSSR count). The molecule has 56 heavy (non-hydrogen) atoms. The van der Waals surface area contributed by atoms with Crippen LogP contribution in [0.5, 0.6) is 0 Å². The predicted molar refractivity (Wildman–Crippen MR) is 231 cm³/mol. The molecular weight excluding hydrogens is 687 g/mol. The summed E-state index contributed by atoms with van der Waals surface area (Å²) in [7, 11) is 0. The number of hydrogen-bond acceptors (Lipinski definition) is 4. The Labute approximate surface area is 321 Å². The van der Waals surface area contributed by atoms with Crippen molar-refractivity contribution in [3.63, 3.8) is 0 Å². The van der Waals surface area contributed by atoms with Gasteiger partial charge in [-0.2, -0.15) is 0 Å². The predicted octanol–water partition coefficient (Wildman–Crippen LogP) is 15.3. The van der Waals surface area contributed by atoms with Crippen molar-refractivity contribution in [1.29, 1.82) is 0 Å². The topological polar surface area (TPSA) is 42.7 Å². The van der Waals surface area contributed by atoms with E-state index in [-0.39, 0.29) is 0 Å². The fourth-order valence-electron chi connectivity index (χ4n) is 8.72. The molecule has 0 aliphatic rings. The molecule has 0 saturated heterocycles. The summed E-state index contributed by atoms with van der Waals surface area (Å²) in [6, 6.07) is 65.9. The van der Waals surface area contributed by atoms with E-state index in [0.29, 0.717) is 0 Å². The van der Waals surface area contributed by atoms with Crippen LogP contribution >= 0.6 is 0 Å². The lowest BCUT2D eigenvalue weighted by Gasteiger charge is -2.27. The van der Waals surface area contributed by atoms with Gasteiger partial charge in [0.2, 0.25) is 0 Å². The molecular formula is C52H31NO3. The molecule has 3 heterocycles. The zero-order chi connectivity index (χ0) is 36.7. The highest BCUT2D eigenvalue weighted by atomic mass is 16.3. The van der Waals surface area contributed by atoms with Crippen LogP contribution in [0.25, 0.3) is 98.8 Å². The third-order valence-electron chi connectivity index (χ3n) is 11.3. The minimum Gasteiger partial charge on any atom is -0.456 e. The van der Waals surface area contributed by atoms with Crippen molar-refractivity contribution in [3.8, 4) is 22.3 Å². The lowest BCUT2D eigenvalue weighted by atomic mass is 9.99. The molecule has 0 saturated carbocycles. The lowest BCUT2D eigenvalue weighted by molar-refractivity contribution is 0.668. The molecule has 9 aromatic carbocycles. The third kappa shape index (κ3) is 4.60. The van der Waals surface area contributed by atoms with Gasteiger partial charge in [0, 0.05) is 49.1 Å². The SMILES string of the molecule is c1ccc(N(c2cccc3ccccc23)c2cccc3oc4c(-c5ccc6c(c5)oc5cc(-c7cccc8c7oc7ccccc78)ccc56)cccc4c23)cc1. The maximum absolute atomic E-state index is 6.81. The summed E-state index contributed by atoms with van der Waals surface area (Å²) in [5, 5.41) is 8.89. The zero-order valence-corrected chi connectivity index (χ0v) is 30.1. The molecule has 0 amide bonds. The van der Waals surface area contributed by atoms with Crippen molar-refractivity contribution in [2.24, 2.45) is 0 Å². The molecule has 3 aromatic heterocycles. The first kappa shape index (κ1) is 30.9. The summed E-state index contributed by atoms with van der Waals surface area (Å²) < 4.78 is 19.8. The fourth-order valence-corrected chi connectivity index (χ4v) is 8.72. The van der Waals surface area contributed by atoms with E-state index in [1.54, 1.807) is 0 Å². The second kappa shape index (κ2) is 12.0. The van der Waals surface area contributed by atoms with Crippen molar-refractivity contribution in [2.45, 2.75) is 0 Å². The minimum absolute atomic E-state index is 0.830. The summed E-state index contributed by atoms with van der Waals surface area (Å²) in [6.45, 7) is 0. The standard InChI is InChI=1S/C52H31NO3/c1-2-14-35(15-3-1)53(44-22-8-13-32-12-4-5-16-36(32)44)45-23-11-25-47-50(45)43-21-10-19-38(52(43)56-47)34-27-29-41-40-28-26-33(30-48(40)54-49(41)31-34)37-18-9-20-42-39-17-6-7-24-46(39)55-51(37)42/h1-31H. The van der Waals surface area contributed by atoms with E-state index in [4.69, 9.17) is 13.3 Å². The van der Waals surface area contributed by atoms with Crippen molar-refractivity contribution >= 4 is 93.7 Å². The van der Waals surface area contributed by atoms with Crippen molar-refractivity contribution in [3.05, 3.63) is 188 Å². The maximum atomic E-state index is 6.81. The Bertz CT molecular complexity index is 3490. The number of rotatable bonds is 5. The molecule has 0 bridgehead atoms. The van der Waals surface area contributed by atoms with Crippen LogP contribution in [0, 0.1) is 0 Å². The highest BCUT2D eigenvalue weighted by Gasteiger charge is 2.22. The molecule has 262 valence electrons.